The van der Waals surface area contributed by atoms with Crippen LogP contribution < -0.4 is 0 Å². The number of nitrogens with zero attached hydrogens (tertiary/aromatic N) is 1. The van der Waals surface area contributed by atoms with Crippen LogP contribution >= 0.6 is 0 Å². The lowest BCUT2D eigenvalue weighted by Gasteiger charge is -2.52. The second kappa shape index (κ2) is 6.78. The molecule has 1 atom stereocenters. The molecule has 1 fully saturated rings. The van der Waals surface area contributed by atoms with Gasteiger partial charge in [-0.25, -0.2) is 0 Å². The molecule has 1 spiro atoms. The van der Waals surface area contributed by atoms with Gasteiger partial charge in [-0.15, -0.1) is 6.58 Å². The lowest BCUT2D eigenvalue weighted by atomic mass is 9.69. The lowest BCUT2D eigenvalue weighted by Crippen LogP contribution is -2.53. The first-order valence-corrected chi connectivity index (χ1v) is 8.72. The third-order valence-corrected chi connectivity index (χ3v) is 5.57. The fourth-order valence-corrected chi connectivity index (χ4v) is 4.50. The lowest BCUT2D eigenvalue weighted by molar-refractivity contribution is -0.110. The van der Waals surface area contributed by atoms with Crippen LogP contribution in [0.2, 0.25) is 0 Å². The number of aldehydes is 1. The van der Waals surface area contributed by atoms with Crippen molar-refractivity contribution < 1.29 is 4.79 Å². The van der Waals surface area contributed by atoms with Crippen molar-refractivity contribution >= 4 is 6.29 Å². The highest BCUT2D eigenvalue weighted by Gasteiger charge is 2.45. The van der Waals surface area contributed by atoms with Gasteiger partial charge in [0.05, 0.1) is 5.92 Å². The van der Waals surface area contributed by atoms with Gasteiger partial charge < -0.3 is 4.79 Å². The quantitative estimate of drug-likeness (QED) is 0.456. The monoisotopic (exact) mass is 297 g/mol. The molecule has 1 heterocycles. The van der Waals surface area contributed by atoms with Crippen LogP contribution in [-0.4, -0.2) is 24.3 Å². The summed E-state index contributed by atoms with van der Waals surface area (Å²) < 4.78 is 0. The van der Waals surface area contributed by atoms with E-state index in [9.17, 15) is 4.79 Å². The number of unbranched alkanes of at least 4 members (excludes halogenated alkanes) is 1. The fraction of sp³-hybridized carbons (Fsp3) is 0.550. The van der Waals surface area contributed by atoms with Gasteiger partial charge in [0, 0.05) is 12.1 Å². The minimum atomic E-state index is 0.0347. The summed E-state index contributed by atoms with van der Waals surface area (Å²) in [6, 6.07) is 8.67. The highest BCUT2D eigenvalue weighted by Crippen LogP contribution is 2.48. The average molecular weight is 297 g/mol. The Hall–Kier alpha value is -1.41. The van der Waals surface area contributed by atoms with Crippen LogP contribution in [0.3, 0.4) is 0 Å². The SMILES string of the molecule is C=CCCCN1CC(C=O)c2ccccc2C12CCCCC2. The summed E-state index contributed by atoms with van der Waals surface area (Å²) in [5.41, 5.74) is 2.88. The minimum absolute atomic E-state index is 0.0347. The molecule has 3 rings (SSSR count). The molecule has 22 heavy (non-hydrogen) atoms. The highest BCUT2D eigenvalue weighted by molar-refractivity contribution is 5.65. The predicted octanol–water partition coefficient (Wildman–Crippen LogP) is 4.41. The Morgan fingerprint density at radius 3 is 2.73 bits per heavy atom. The third-order valence-electron chi connectivity index (χ3n) is 5.57. The maximum absolute atomic E-state index is 11.6. The van der Waals surface area contributed by atoms with Crippen molar-refractivity contribution in [3.05, 3.63) is 48.0 Å². The Morgan fingerprint density at radius 2 is 2.00 bits per heavy atom. The van der Waals surface area contributed by atoms with Crippen LogP contribution in [0.1, 0.15) is 62.0 Å². The largest absolute Gasteiger partial charge is 0.303 e. The molecule has 1 aliphatic carbocycles. The molecule has 1 aromatic rings. The molecule has 0 aromatic heterocycles. The van der Waals surface area contributed by atoms with Crippen molar-refractivity contribution in [2.75, 3.05) is 13.1 Å². The van der Waals surface area contributed by atoms with Crippen molar-refractivity contribution in [1.82, 2.24) is 4.90 Å². The van der Waals surface area contributed by atoms with Gasteiger partial charge in [-0.1, -0.05) is 49.6 Å². The molecular weight excluding hydrogens is 270 g/mol. The number of hydrogen-bond acceptors (Lipinski definition) is 2. The molecule has 2 aliphatic rings. The normalized spacial score (nSPS) is 23.9. The van der Waals surface area contributed by atoms with E-state index in [0.29, 0.717) is 0 Å². The maximum Gasteiger partial charge on any atom is 0.128 e. The van der Waals surface area contributed by atoms with Crippen LogP contribution in [0.4, 0.5) is 0 Å². The molecule has 0 amide bonds. The van der Waals surface area contributed by atoms with E-state index in [2.05, 4.69) is 35.7 Å². The Morgan fingerprint density at radius 1 is 1.23 bits per heavy atom. The summed E-state index contributed by atoms with van der Waals surface area (Å²) in [6.45, 7) is 5.80. The topological polar surface area (TPSA) is 20.3 Å². The van der Waals surface area contributed by atoms with Crippen molar-refractivity contribution in [1.29, 1.82) is 0 Å². The standard InChI is InChI=1S/C20H27NO/c1-2-3-9-14-21-15-17(16-22)18-10-5-6-11-19(18)20(21)12-7-4-8-13-20/h2,5-6,10-11,16-17H,1,3-4,7-9,12-15H2. The van der Waals surface area contributed by atoms with Crippen LogP contribution in [-0.2, 0) is 10.3 Å². The number of benzene rings is 1. The molecular formula is C20H27NO. The van der Waals surface area contributed by atoms with Crippen molar-refractivity contribution in [3.8, 4) is 0 Å². The maximum atomic E-state index is 11.6. The summed E-state index contributed by atoms with van der Waals surface area (Å²) >= 11 is 0. The highest BCUT2D eigenvalue weighted by atomic mass is 16.1. The van der Waals surface area contributed by atoms with E-state index in [4.69, 9.17) is 0 Å². The van der Waals surface area contributed by atoms with E-state index in [1.165, 1.54) is 43.2 Å². The molecule has 0 saturated heterocycles. The van der Waals surface area contributed by atoms with Crippen molar-refractivity contribution in [2.24, 2.45) is 0 Å². The molecule has 0 bridgehead atoms. The van der Waals surface area contributed by atoms with E-state index >= 15 is 0 Å². The molecule has 0 radical (unpaired) electrons. The number of allylic oxidation sites excluding steroid dienone is 1. The van der Waals surface area contributed by atoms with Crippen LogP contribution in [0, 0.1) is 0 Å². The van der Waals surface area contributed by atoms with E-state index in [0.717, 1.165) is 32.2 Å². The number of hydrogen-bond donors (Lipinski definition) is 0. The third kappa shape index (κ3) is 2.65. The predicted molar refractivity (Wildman–Crippen MR) is 91.0 cm³/mol. The Labute approximate surface area is 134 Å². The fourth-order valence-electron chi connectivity index (χ4n) is 4.50. The summed E-state index contributed by atoms with van der Waals surface area (Å²) in [5.74, 6) is 0.0347. The summed E-state index contributed by atoms with van der Waals surface area (Å²) in [5, 5.41) is 0. The Kier molecular flexibility index (Phi) is 4.77. The van der Waals surface area contributed by atoms with Crippen LogP contribution in [0.5, 0.6) is 0 Å². The van der Waals surface area contributed by atoms with E-state index in [1.807, 2.05) is 6.08 Å². The molecule has 1 saturated carbocycles. The second-order valence-electron chi connectivity index (χ2n) is 6.80. The zero-order valence-electron chi connectivity index (χ0n) is 13.5. The summed E-state index contributed by atoms with van der Waals surface area (Å²) in [4.78, 5) is 14.2. The molecule has 0 N–H and O–H groups in total. The van der Waals surface area contributed by atoms with Crippen LogP contribution in [0.25, 0.3) is 0 Å². The molecule has 2 nitrogen and oxygen atoms in total. The molecule has 118 valence electrons. The van der Waals surface area contributed by atoms with E-state index < -0.39 is 0 Å². The zero-order valence-corrected chi connectivity index (χ0v) is 13.5. The van der Waals surface area contributed by atoms with Crippen LogP contribution in [0.15, 0.2) is 36.9 Å². The van der Waals surface area contributed by atoms with Gasteiger partial charge in [-0.3, -0.25) is 4.90 Å². The Balaban J connectivity index is 1.98. The van der Waals surface area contributed by atoms with Gasteiger partial charge >= 0.3 is 0 Å². The van der Waals surface area contributed by atoms with Gasteiger partial charge in [0.1, 0.15) is 6.29 Å². The van der Waals surface area contributed by atoms with Crippen molar-refractivity contribution in [2.45, 2.75) is 56.4 Å². The first-order chi connectivity index (χ1) is 10.8. The number of fused-ring (bicyclic) bond motifs is 2. The smallest absolute Gasteiger partial charge is 0.128 e. The number of carbonyl (C=O) groups excluding carboxylic acids is 1. The number of rotatable bonds is 5. The molecule has 1 unspecified atom stereocenters. The van der Waals surface area contributed by atoms with Crippen molar-refractivity contribution in [3.63, 3.8) is 0 Å². The second-order valence-corrected chi connectivity index (χ2v) is 6.80. The Bertz CT molecular complexity index is 530. The first-order valence-electron chi connectivity index (χ1n) is 8.72. The van der Waals surface area contributed by atoms with Gasteiger partial charge in [-0.05, 0) is 43.4 Å². The van der Waals surface area contributed by atoms with Gasteiger partial charge in [-0.2, -0.15) is 0 Å². The van der Waals surface area contributed by atoms with E-state index in [-0.39, 0.29) is 11.5 Å². The summed E-state index contributed by atoms with van der Waals surface area (Å²) in [6.07, 6.45) is 11.8. The average Bonchev–Trinajstić information content (AvgIpc) is 2.58. The minimum Gasteiger partial charge on any atom is -0.303 e. The zero-order chi connectivity index (χ0) is 15.4. The molecule has 2 heteroatoms. The van der Waals surface area contributed by atoms with Gasteiger partial charge in [0.2, 0.25) is 0 Å². The van der Waals surface area contributed by atoms with Gasteiger partial charge in [0.25, 0.3) is 0 Å². The van der Waals surface area contributed by atoms with E-state index in [1.54, 1.807) is 0 Å². The van der Waals surface area contributed by atoms with Gasteiger partial charge in [0.15, 0.2) is 0 Å². The summed E-state index contributed by atoms with van der Waals surface area (Å²) in [7, 11) is 0. The molecule has 1 aliphatic heterocycles. The first kappa shape index (κ1) is 15.5. The number of carbonyl (C=O) groups is 1. The molecule has 1 aromatic carbocycles.